The first kappa shape index (κ1) is 31.1. The molecule has 0 unspecified atom stereocenters. The standard InChI is InChI=1S/C19H16O4.C18H13BrO3/c1-22-15-9-10-17(19(20)21)18(11-15)23-12-14-7-4-6-13-5-2-3-8-16(13)14;19-14-8-9-16(18(20)21)17(10-14)22-11-13-6-3-5-12-4-1-2-7-15(12)13/h2-11H,12H2,1H3,(H,20,21);1-10H,11H2,(H,20,21). The van der Waals surface area contributed by atoms with Crippen molar-refractivity contribution >= 4 is 49.4 Å². The average molecular weight is 666 g/mol. The summed E-state index contributed by atoms with van der Waals surface area (Å²) in [5, 5.41) is 23.0. The molecule has 0 saturated heterocycles. The Morgan fingerprint density at radius 1 is 0.600 bits per heavy atom. The van der Waals surface area contributed by atoms with E-state index in [0.717, 1.165) is 37.1 Å². The van der Waals surface area contributed by atoms with Crippen LogP contribution in [0.4, 0.5) is 0 Å². The van der Waals surface area contributed by atoms with Crippen LogP contribution in [-0.4, -0.2) is 29.3 Å². The summed E-state index contributed by atoms with van der Waals surface area (Å²) < 4.78 is 17.5. The monoisotopic (exact) mass is 664 g/mol. The second-order valence-electron chi connectivity index (χ2n) is 9.97. The fourth-order valence-corrected chi connectivity index (χ4v) is 5.21. The minimum Gasteiger partial charge on any atom is -0.497 e. The Morgan fingerprint density at radius 3 is 1.58 bits per heavy atom. The summed E-state index contributed by atoms with van der Waals surface area (Å²) in [7, 11) is 1.53. The Balaban J connectivity index is 0.000000178. The molecule has 0 atom stereocenters. The molecule has 6 aromatic rings. The summed E-state index contributed by atoms with van der Waals surface area (Å²) in [5.74, 6) is -0.816. The highest BCUT2D eigenvalue weighted by Crippen LogP contribution is 2.28. The lowest BCUT2D eigenvalue weighted by atomic mass is 10.1. The van der Waals surface area contributed by atoms with E-state index in [0.29, 0.717) is 23.9 Å². The van der Waals surface area contributed by atoms with E-state index in [1.165, 1.54) is 19.2 Å². The van der Waals surface area contributed by atoms with E-state index >= 15 is 0 Å². The molecule has 2 N–H and O–H groups in total. The minimum atomic E-state index is -1.03. The van der Waals surface area contributed by atoms with E-state index in [2.05, 4.69) is 15.9 Å². The van der Waals surface area contributed by atoms with Gasteiger partial charge < -0.3 is 24.4 Å². The molecule has 0 heterocycles. The number of benzene rings is 6. The first-order chi connectivity index (χ1) is 21.8. The van der Waals surface area contributed by atoms with Gasteiger partial charge in [0.1, 0.15) is 41.6 Å². The van der Waals surface area contributed by atoms with Gasteiger partial charge in [-0.1, -0.05) is 101 Å². The summed E-state index contributed by atoms with van der Waals surface area (Å²) >= 11 is 3.34. The van der Waals surface area contributed by atoms with Crippen molar-refractivity contribution in [1.29, 1.82) is 0 Å². The number of rotatable bonds is 9. The highest BCUT2D eigenvalue weighted by Gasteiger charge is 2.14. The first-order valence-corrected chi connectivity index (χ1v) is 14.8. The van der Waals surface area contributed by atoms with Gasteiger partial charge in [0.15, 0.2) is 0 Å². The topological polar surface area (TPSA) is 102 Å². The van der Waals surface area contributed by atoms with Gasteiger partial charge in [-0.15, -0.1) is 0 Å². The van der Waals surface area contributed by atoms with Crippen LogP contribution in [0.1, 0.15) is 31.8 Å². The van der Waals surface area contributed by atoms with Gasteiger partial charge in [-0.3, -0.25) is 0 Å². The number of aromatic carboxylic acids is 2. The Morgan fingerprint density at radius 2 is 1.07 bits per heavy atom. The van der Waals surface area contributed by atoms with Gasteiger partial charge in [0.25, 0.3) is 0 Å². The largest absolute Gasteiger partial charge is 0.497 e. The summed E-state index contributed by atoms with van der Waals surface area (Å²) in [5.41, 5.74) is 2.30. The predicted molar refractivity (Wildman–Crippen MR) is 178 cm³/mol. The van der Waals surface area contributed by atoms with Crippen LogP contribution >= 0.6 is 15.9 Å². The molecular weight excluding hydrogens is 636 g/mol. The van der Waals surface area contributed by atoms with Gasteiger partial charge in [0.2, 0.25) is 0 Å². The molecule has 0 aliphatic rings. The summed E-state index contributed by atoms with van der Waals surface area (Å²) in [4.78, 5) is 22.6. The van der Waals surface area contributed by atoms with E-state index in [1.54, 1.807) is 24.3 Å². The van der Waals surface area contributed by atoms with Crippen molar-refractivity contribution in [3.63, 3.8) is 0 Å². The van der Waals surface area contributed by atoms with Crippen molar-refractivity contribution in [1.82, 2.24) is 0 Å². The van der Waals surface area contributed by atoms with Gasteiger partial charge in [0, 0.05) is 10.5 Å². The second-order valence-corrected chi connectivity index (χ2v) is 10.9. The van der Waals surface area contributed by atoms with Crippen LogP contribution in [0, 0.1) is 0 Å². The predicted octanol–water partition coefficient (Wildman–Crippen LogP) is 9.01. The summed E-state index contributed by atoms with van der Waals surface area (Å²) in [6, 6.07) is 37.6. The van der Waals surface area contributed by atoms with Crippen molar-refractivity contribution in [3.05, 3.63) is 148 Å². The van der Waals surface area contributed by atoms with Crippen molar-refractivity contribution < 1.29 is 34.0 Å². The van der Waals surface area contributed by atoms with Gasteiger partial charge >= 0.3 is 11.9 Å². The van der Waals surface area contributed by atoms with E-state index in [4.69, 9.17) is 14.2 Å². The Kier molecular flexibility index (Phi) is 9.97. The zero-order chi connectivity index (χ0) is 31.8. The van der Waals surface area contributed by atoms with Crippen LogP contribution in [0.25, 0.3) is 21.5 Å². The molecule has 0 saturated carbocycles. The van der Waals surface area contributed by atoms with Crippen molar-refractivity contribution in [3.8, 4) is 17.2 Å². The van der Waals surface area contributed by atoms with Gasteiger partial charge in [-0.05, 0) is 63.0 Å². The smallest absolute Gasteiger partial charge is 0.339 e. The van der Waals surface area contributed by atoms with E-state index in [1.807, 2.05) is 84.9 Å². The van der Waals surface area contributed by atoms with Crippen LogP contribution in [0.3, 0.4) is 0 Å². The maximum absolute atomic E-state index is 11.3. The number of carboxylic acid groups (broad SMARTS) is 2. The molecule has 0 amide bonds. The Labute approximate surface area is 268 Å². The number of hydrogen-bond donors (Lipinski definition) is 2. The zero-order valence-corrected chi connectivity index (χ0v) is 25.9. The fourth-order valence-electron chi connectivity index (χ4n) is 4.87. The molecule has 6 rings (SSSR count). The van der Waals surface area contributed by atoms with Crippen LogP contribution < -0.4 is 14.2 Å². The quantitative estimate of drug-likeness (QED) is 0.159. The van der Waals surface area contributed by atoms with Crippen molar-refractivity contribution in [2.75, 3.05) is 7.11 Å². The molecular formula is C37H29BrO7. The Bertz CT molecular complexity index is 1980. The second kappa shape index (κ2) is 14.4. The fraction of sp³-hybridized carbons (Fsp3) is 0.0811. The number of carbonyl (C=O) groups is 2. The lowest BCUT2D eigenvalue weighted by Crippen LogP contribution is -2.04. The van der Waals surface area contributed by atoms with Crippen LogP contribution in [0.2, 0.25) is 0 Å². The third-order valence-corrected chi connectivity index (χ3v) is 7.61. The number of carboxylic acids is 2. The molecule has 45 heavy (non-hydrogen) atoms. The number of ether oxygens (including phenoxy) is 3. The lowest BCUT2D eigenvalue weighted by molar-refractivity contribution is 0.0680. The van der Waals surface area contributed by atoms with Crippen LogP contribution in [0.15, 0.2) is 126 Å². The molecule has 0 spiro atoms. The SMILES string of the molecule is COc1ccc(C(=O)O)c(OCc2cccc3ccccc23)c1.O=C(O)c1ccc(Br)cc1OCc1cccc2ccccc12. The molecule has 0 aromatic heterocycles. The highest BCUT2D eigenvalue weighted by atomic mass is 79.9. The number of hydrogen-bond acceptors (Lipinski definition) is 5. The molecule has 0 bridgehead atoms. The zero-order valence-electron chi connectivity index (χ0n) is 24.3. The van der Waals surface area contributed by atoms with Gasteiger partial charge in [0.05, 0.1) is 7.11 Å². The molecule has 8 heteroatoms. The summed E-state index contributed by atoms with van der Waals surface area (Å²) in [6.07, 6.45) is 0. The maximum Gasteiger partial charge on any atom is 0.339 e. The molecule has 0 radical (unpaired) electrons. The van der Waals surface area contributed by atoms with Crippen LogP contribution in [-0.2, 0) is 13.2 Å². The van der Waals surface area contributed by atoms with Crippen molar-refractivity contribution in [2.45, 2.75) is 13.2 Å². The van der Waals surface area contributed by atoms with Crippen LogP contribution in [0.5, 0.6) is 17.2 Å². The van der Waals surface area contributed by atoms with E-state index in [9.17, 15) is 19.8 Å². The molecule has 0 fully saturated rings. The molecule has 7 nitrogen and oxygen atoms in total. The van der Waals surface area contributed by atoms with Crippen molar-refractivity contribution in [2.24, 2.45) is 0 Å². The van der Waals surface area contributed by atoms with E-state index < -0.39 is 11.9 Å². The maximum atomic E-state index is 11.3. The van der Waals surface area contributed by atoms with Gasteiger partial charge in [-0.2, -0.15) is 0 Å². The number of methoxy groups -OCH3 is 1. The third kappa shape index (κ3) is 7.60. The number of halogens is 1. The molecule has 6 aromatic carbocycles. The van der Waals surface area contributed by atoms with E-state index in [-0.39, 0.29) is 17.7 Å². The minimum absolute atomic E-state index is 0.117. The normalized spacial score (nSPS) is 10.5. The third-order valence-electron chi connectivity index (χ3n) is 7.12. The lowest BCUT2D eigenvalue weighted by Gasteiger charge is -2.12. The Hall–Kier alpha value is -5.34. The number of fused-ring (bicyclic) bond motifs is 2. The average Bonchev–Trinajstić information content (AvgIpc) is 3.06. The summed E-state index contributed by atoms with van der Waals surface area (Å²) in [6.45, 7) is 0.604. The van der Waals surface area contributed by atoms with Gasteiger partial charge in [-0.25, -0.2) is 9.59 Å². The molecule has 0 aliphatic heterocycles. The molecule has 0 aliphatic carbocycles. The molecule has 226 valence electrons. The first-order valence-electron chi connectivity index (χ1n) is 14.0. The highest BCUT2D eigenvalue weighted by molar-refractivity contribution is 9.10.